The summed E-state index contributed by atoms with van der Waals surface area (Å²) < 4.78 is 7.45. The molecule has 1 aliphatic heterocycles. The number of imidazole rings is 1. The number of aryl methyl sites for hydroxylation is 1. The molecular formula is C22H27N4O2+. The predicted octanol–water partition coefficient (Wildman–Crippen LogP) is 2.06. The van der Waals surface area contributed by atoms with E-state index in [1.807, 2.05) is 30.3 Å². The molecule has 146 valence electrons. The smallest absolute Gasteiger partial charge is 0.259 e. The van der Waals surface area contributed by atoms with Crippen LogP contribution < -0.4 is 15.0 Å². The van der Waals surface area contributed by atoms with Gasteiger partial charge >= 0.3 is 0 Å². The third-order valence-corrected chi connectivity index (χ3v) is 5.60. The number of nitrogens with zero attached hydrogens (tertiary/aromatic N) is 2. The van der Waals surface area contributed by atoms with Crippen LogP contribution in [-0.2, 0) is 13.5 Å². The molecule has 0 bridgehead atoms. The van der Waals surface area contributed by atoms with Gasteiger partial charge in [0, 0.05) is 25.6 Å². The third-order valence-electron chi connectivity index (χ3n) is 5.60. The quantitative estimate of drug-likeness (QED) is 0.689. The van der Waals surface area contributed by atoms with Crippen LogP contribution in [0.15, 0.2) is 42.5 Å². The second kappa shape index (κ2) is 8.02. The molecule has 1 amide bonds. The van der Waals surface area contributed by atoms with E-state index in [1.165, 1.54) is 25.9 Å². The first-order chi connectivity index (χ1) is 13.7. The minimum absolute atomic E-state index is 0.189. The topological polar surface area (TPSA) is 60.6 Å². The third kappa shape index (κ3) is 3.73. The van der Waals surface area contributed by atoms with E-state index in [0.29, 0.717) is 11.3 Å². The van der Waals surface area contributed by atoms with Crippen LogP contribution in [0.1, 0.15) is 29.0 Å². The summed E-state index contributed by atoms with van der Waals surface area (Å²) in [5.41, 5.74) is 3.24. The number of para-hydroxylation sites is 1. The Bertz CT molecular complexity index is 989. The Morgan fingerprint density at radius 3 is 2.79 bits per heavy atom. The molecule has 6 nitrogen and oxygen atoms in total. The standard InChI is InChI=1S/C22H26N4O2/c1-25-19-10-9-16(23-22(27)17-7-3-4-8-20(17)28-2)15-18(19)24-21(25)11-14-26-12-5-6-13-26/h3-4,7-10,15H,5-6,11-14H2,1-2H3,(H,23,27)/p+1. The first-order valence-corrected chi connectivity index (χ1v) is 9.89. The van der Waals surface area contributed by atoms with Crippen molar-refractivity contribution in [2.75, 3.05) is 32.1 Å². The molecule has 4 rings (SSSR count). The Hall–Kier alpha value is -2.86. The fourth-order valence-corrected chi connectivity index (χ4v) is 4.00. The van der Waals surface area contributed by atoms with Crippen molar-refractivity contribution in [1.29, 1.82) is 0 Å². The van der Waals surface area contributed by atoms with E-state index < -0.39 is 0 Å². The van der Waals surface area contributed by atoms with Crippen molar-refractivity contribution in [2.45, 2.75) is 19.3 Å². The van der Waals surface area contributed by atoms with Gasteiger partial charge in [0.25, 0.3) is 5.91 Å². The first-order valence-electron chi connectivity index (χ1n) is 9.89. The number of hydrogen-bond donors (Lipinski definition) is 2. The molecule has 1 saturated heterocycles. The molecule has 0 radical (unpaired) electrons. The van der Waals surface area contributed by atoms with Crippen LogP contribution in [0.4, 0.5) is 5.69 Å². The van der Waals surface area contributed by atoms with Crippen LogP contribution in [0.5, 0.6) is 5.75 Å². The SMILES string of the molecule is COc1ccccc1C(=O)Nc1ccc2c(c1)nc(CC[NH+]1CCCC1)n2C. The van der Waals surface area contributed by atoms with E-state index >= 15 is 0 Å². The van der Waals surface area contributed by atoms with Crippen molar-refractivity contribution in [2.24, 2.45) is 7.05 Å². The molecule has 0 spiro atoms. The van der Waals surface area contributed by atoms with E-state index in [0.717, 1.165) is 35.5 Å². The highest BCUT2D eigenvalue weighted by Crippen LogP contribution is 2.22. The zero-order valence-corrected chi connectivity index (χ0v) is 16.5. The summed E-state index contributed by atoms with van der Waals surface area (Å²) >= 11 is 0. The van der Waals surface area contributed by atoms with Gasteiger partial charge in [-0.05, 0) is 30.3 Å². The van der Waals surface area contributed by atoms with Gasteiger partial charge in [0.1, 0.15) is 11.6 Å². The Labute approximate surface area is 165 Å². The van der Waals surface area contributed by atoms with Gasteiger partial charge in [-0.25, -0.2) is 4.98 Å². The van der Waals surface area contributed by atoms with Gasteiger partial charge in [-0.1, -0.05) is 12.1 Å². The van der Waals surface area contributed by atoms with Crippen LogP contribution >= 0.6 is 0 Å². The summed E-state index contributed by atoms with van der Waals surface area (Å²) in [6, 6.07) is 13.1. The predicted molar refractivity (Wildman–Crippen MR) is 110 cm³/mol. The summed E-state index contributed by atoms with van der Waals surface area (Å²) in [5, 5.41) is 2.96. The molecule has 2 heterocycles. The number of carbonyl (C=O) groups excluding carboxylic acids is 1. The summed E-state index contributed by atoms with van der Waals surface area (Å²) in [4.78, 5) is 19.1. The molecule has 0 atom stereocenters. The van der Waals surface area contributed by atoms with Crippen molar-refractivity contribution >= 4 is 22.6 Å². The number of fused-ring (bicyclic) bond motifs is 1. The number of anilines is 1. The average molecular weight is 379 g/mol. The van der Waals surface area contributed by atoms with Gasteiger partial charge in [0.15, 0.2) is 0 Å². The Balaban J connectivity index is 1.51. The minimum Gasteiger partial charge on any atom is -0.496 e. The van der Waals surface area contributed by atoms with Gasteiger partial charge in [0.2, 0.25) is 0 Å². The Morgan fingerprint density at radius 1 is 1.21 bits per heavy atom. The fraction of sp³-hybridized carbons (Fsp3) is 0.364. The second-order valence-corrected chi connectivity index (χ2v) is 7.40. The fourth-order valence-electron chi connectivity index (χ4n) is 4.00. The zero-order valence-electron chi connectivity index (χ0n) is 16.5. The number of rotatable bonds is 6. The van der Waals surface area contributed by atoms with Crippen LogP contribution in [-0.4, -0.2) is 42.2 Å². The van der Waals surface area contributed by atoms with Crippen LogP contribution in [0, 0.1) is 0 Å². The first kappa shape index (κ1) is 18.5. The lowest BCUT2D eigenvalue weighted by atomic mass is 10.2. The largest absolute Gasteiger partial charge is 0.496 e. The van der Waals surface area contributed by atoms with E-state index in [1.54, 1.807) is 24.1 Å². The normalized spacial score (nSPS) is 14.5. The van der Waals surface area contributed by atoms with Crippen LogP contribution in [0.25, 0.3) is 11.0 Å². The maximum Gasteiger partial charge on any atom is 0.259 e. The summed E-state index contributed by atoms with van der Waals surface area (Å²) in [6.45, 7) is 3.70. The second-order valence-electron chi connectivity index (χ2n) is 7.40. The molecule has 0 aliphatic carbocycles. The molecule has 0 saturated carbocycles. The van der Waals surface area contributed by atoms with Gasteiger partial charge < -0.3 is 19.5 Å². The van der Waals surface area contributed by atoms with Gasteiger partial charge in [-0.2, -0.15) is 0 Å². The monoisotopic (exact) mass is 379 g/mol. The zero-order chi connectivity index (χ0) is 19.5. The van der Waals surface area contributed by atoms with Crippen molar-refractivity contribution < 1.29 is 14.4 Å². The summed E-state index contributed by atoms with van der Waals surface area (Å²) in [5.74, 6) is 1.47. The number of amides is 1. The number of nitrogens with one attached hydrogen (secondary N) is 2. The number of carbonyl (C=O) groups is 1. The number of quaternary nitrogens is 1. The number of ether oxygens (including phenoxy) is 1. The van der Waals surface area contributed by atoms with Gasteiger partial charge in [-0.3, -0.25) is 4.79 Å². The number of benzene rings is 2. The van der Waals surface area contributed by atoms with Crippen LogP contribution in [0.3, 0.4) is 0 Å². The maximum absolute atomic E-state index is 12.6. The number of hydrogen-bond acceptors (Lipinski definition) is 3. The maximum atomic E-state index is 12.6. The molecular weight excluding hydrogens is 352 g/mol. The van der Waals surface area contributed by atoms with E-state index in [9.17, 15) is 4.79 Å². The van der Waals surface area contributed by atoms with Crippen molar-refractivity contribution in [1.82, 2.24) is 9.55 Å². The molecule has 28 heavy (non-hydrogen) atoms. The van der Waals surface area contributed by atoms with Gasteiger partial charge in [0.05, 0.1) is 49.8 Å². The van der Waals surface area contributed by atoms with E-state index in [-0.39, 0.29) is 5.91 Å². The molecule has 0 unspecified atom stereocenters. The average Bonchev–Trinajstić information content (AvgIpc) is 3.34. The van der Waals surface area contributed by atoms with E-state index in [2.05, 4.69) is 16.9 Å². The highest BCUT2D eigenvalue weighted by molar-refractivity contribution is 6.06. The molecule has 1 aliphatic rings. The molecule has 3 aromatic rings. The summed E-state index contributed by atoms with van der Waals surface area (Å²) in [7, 11) is 3.63. The number of aromatic nitrogens is 2. The number of methoxy groups -OCH3 is 1. The molecule has 1 aromatic heterocycles. The van der Waals surface area contributed by atoms with Crippen molar-refractivity contribution in [3.8, 4) is 5.75 Å². The van der Waals surface area contributed by atoms with Crippen molar-refractivity contribution in [3.05, 3.63) is 53.9 Å². The van der Waals surface area contributed by atoms with Gasteiger partial charge in [-0.15, -0.1) is 0 Å². The Morgan fingerprint density at radius 2 is 2.00 bits per heavy atom. The number of likely N-dealkylation sites (tertiary alicyclic amines) is 1. The lowest BCUT2D eigenvalue weighted by Gasteiger charge is -2.11. The molecule has 6 heteroatoms. The van der Waals surface area contributed by atoms with E-state index in [4.69, 9.17) is 9.72 Å². The van der Waals surface area contributed by atoms with Crippen molar-refractivity contribution in [3.63, 3.8) is 0 Å². The highest BCUT2D eigenvalue weighted by Gasteiger charge is 2.17. The molecule has 1 fully saturated rings. The Kier molecular flexibility index (Phi) is 5.30. The molecule has 2 N–H and O–H groups in total. The van der Waals surface area contributed by atoms with Crippen LogP contribution in [0.2, 0.25) is 0 Å². The molecule has 2 aromatic carbocycles. The lowest BCUT2D eigenvalue weighted by Crippen LogP contribution is -3.10. The lowest BCUT2D eigenvalue weighted by molar-refractivity contribution is -0.887. The summed E-state index contributed by atoms with van der Waals surface area (Å²) in [6.07, 6.45) is 3.66. The minimum atomic E-state index is -0.189. The highest BCUT2D eigenvalue weighted by atomic mass is 16.5.